The fourth-order valence-corrected chi connectivity index (χ4v) is 1.98. The van der Waals surface area contributed by atoms with Gasteiger partial charge in [-0.05, 0) is 0 Å². The molecule has 100 valence electrons. The molecule has 0 fully saturated rings. The van der Waals surface area contributed by atoms with E-state index in [1.54, 1.807) is 0 Å². The van der Waals surface area contributed by atoms with Crippen LogP contribution >= 0.6 is 0 Å². The molecule has 0 spiro atoms. The van der Waals surface area contributed by atoms with Gasteiger partial charge < -0.3 is 24.5 Å². The Balaban J connectivity index is 2.27. The lowest BCUT2D eigenvalue weighted by Crippen LogP contribution is -2.16. The first-order valence-electron chi connectivity index (χ1n) is 5.59. The lowest BCUT2D eigenvalue weighted by atomic mass is 10.1. The summed E-state index contributed by atoms with van der Waals surface area (Å²) in [6.45, 7) is 0.723. The number of benzene rings is 1. The number of fused-ring (bicyclic) bond motifs is 1. The SMILES string of the molecule is COc1c(F)cc2c(c1-c1cc(N)on1)OCCO2. The van der Waals surface area contributed by atoms with Crippen LogP contribution in [0.4, 0.5) is 10.3 Å². The Hall–Kier alpha value is -2.44. The minimum atomic E-state index is -0.566. The van der Waals surface area contributed by atoms with Gasteiger partial charge in [0.05, 0.1) is 12.7 Å². The molecule has 0 bridgehead atoms. The topological polar surface area (TPSA) is 79.7 Å². The predicted molar refractivity (Wildman–Crippen MR) is 63.9 cm³/mol. The number of halogens is 1. The van der Waals surface area contributed by atoms with Crippen molar-refractivity contribution in [2.24, 2.45) is 0 Å². The zero-order valence-electron chi connectivity index (χ0n) is 10.1. The zero-order chi connectivity index (χ0) is 13.4. The molecule has 0 saturated carbocycles. The van der Waals surface area contributed by atoms with Gasteiger partial charge in [-0.15, -0.1) is 0 Å². The largest absolute Gasteiger partial charge is 0.493 e. The zero-order valence-corrected chi connectivity index (χ0v) is 10.1. The molecule has 6 nitrogen and oxygen atoms in total. The molecule has 1 aliphatic rings. The highest BCUT2D eigenvalue weighted by molar-refractivity contribution is 5.79. The first-order valence-corrected chi connectivity index (χ1v) is 5.59. The summed E-state index contributed by atoms with van der Waals surface area (Å²) in [5.41, 5.74) is 6.15. The van der Waals surface area contributed by atoms with E-state index in [-0.39, 0.29) is 11.6 Å². The van der Waals surface area contributed by atoms with Crippen molar-refractivity contribution in [2.75, 3.05) is 26.1 Å². The first kappa shape index (κ1) is 11.6. The van der Waals surface area contributed by atoms with E-state index in [1.807, 2.05) is 0 Å². The number of methoxy groups -OCH3 is 1. The Morgan fingerprint density at radius 3 is 2.79 bits per heavy atom. The monoisotopic (exact) mass is 266 g/mol. The molecular weight excluding hydrogens is 255 g/mol. The van der Waals surface area contributed by atoms with Crippen LogP contribution in [0.15, 0.2) is 16.7 Å². The summed E-state index contributed by atoms with van der Waals surface area (Å²) in [5.74, 6) is 0.242. The van der Waals surface area contributed by atoms with Gasteiger partial charge in [0.1, 0.15) is 18.9 Å². The third kappa shape index (κ3) is 1.83. The number of hydrogen-bond acceptors (Lipinski definition) is 6. The maximum Gasteiger partial charge on any atom is 0.222 e. The van der Waals surface area contributed by atoms with Crippen LogP contribution < -0.4 is 19.9 Å². The van der Waals surface area contributed by atoms with E-state index in [2.05, 4.69) is 5.16 Å². The highest BCUT2D eigenvalue weighted by Gasteiger charge is 2.27. The second-order valence-electron chi connectivity index (χ2n) is 3.91. The van der Waals surface area contributed by atoms with Gasteiger partial charge in [0.15, 0.2) is 23.1 Å². The molecule has 0 unspecified atom stereocenters. The van der Waals surface area contributed by atoms with Gasteiger partial charge in [-0.2, -0.15) is 0 Å². The second kappa shape index (κ2) is 4.34. The number of hydrogen-bond donors (Lipinski definition) is 1. The van der Waals surface area contributed by atoms with E-state index in [1.165, 1.54) is 19.2 Å². The van der Waals surface area contributed by atoms with Crippen molar-refractivity contribution in [3.05, 3.63) is 17.9 Å². The van der Waals surface area contributed by atoms with Crippen molar-refractivity contribution in [2.45, 2.75) is 0 Å². The van der Waals surface area contributed by atoms with Crippen LogP contribution in [-0.4, -0.2) is 25.5 Å². The number of aromatic nitrogens is 1. The summed E-state index contributed by atoms with van der Waals surface area (Å²) in [6, 6.07) is 2.69. The molecule has 1 aromatic heterocycles. The first-order chi connectivity index (χ1) is 9.20. The molecule has 0 amide bonds. The smallest absolute Gasteiger partial charge is 0.222 e. The molecule has 19 heavy (non-hydrogen) atoms. The predicted octanol–water partition coefficient (Wildman–Crippen LogP) is 1.84. The van der Waals surface area contributed by atoms with Gasteiger partial charge in [0, 0.05) is 12.1 Å². The maximum absolute atomic E-state index is 14.0. The van der Waals surface area contributed by atoms with Gasteiger partial charge in [-0.25, -0.2) is 4.39 Å². The lowest BCUT2D eigenvalue weighted by molar-refractivity contribution is 0.170. The molecule has 0 aliphatic carbocycles. The Morgan fingerprint density at radius 2 is 2.11 bits per heavy atom. The third-order valence-corrected chi connectivity index (χ3v) is 2.73. The summed E-state index contributed by atoms with van der Waals surface area (Å²) >= 11 is 0. The number of rotatable bonds is 2. The summed E-state index contributed by atoms with van der Waals surface area (Å²) in [7, 11) is 1.36. The highest BCUT2D eigenvalue weighted by atomic mass is 19.1. The number of anilines is 1. The van der Waals surface area contributed by atoms with Crippen molar-refractivity contribution in [3.8, 4) is 28.5 Å². The van der Waals surface area contributed by atoms with E-state index in [9.17, 15) is 4.39 Å². The molecule has 0 saturated heterocycles. The Bertz CT molecular complexity index is 626. The molecule has 0 radical (unpaired) electrons. The van der Waals surface area contributed by atoms with E-state index < -0.39 is 5.82 Å². The summed E-state index contributed by atoms with van der Waals surface area (Å²) in [4.78, 5) is 0. The lowest BCUT2D eigenvalue weighted by Gasteiger charge is -2.22. The average molecular weight is 266 g/mol. The van der Waals surface area contributed by atoms with Crippen LogP contribution in [0.1, 0.15) is 0 Å². The van der Waals surface area contributed by atoms with E-state index in [0.717, 1.165) is 0 Å². The Kier molecular flexibility index (Phi) is 2.66. The Labute approximate surface area is 107 Å². The van der Waals surface area contributed by atoms with Crippen LogP contribution in [0.3, 0.4) is 0 Å². The van der Waals surface area contributed by atoms with Gasteiger partial charge >= 0.3 is 0 Å². The number of nitrogens with two attached hydrogens (primary N) is 1. The van der Waals surface area contributed by atoms with Crippen LogP contribution in [0, 0.1) is 5.82 Å². The van der Waals surface area contributed by atoms with Gasteiger partial charge in [-0.1, -0.05) is 5.16 Å². The van der Waals surface area contributed by atoms with Crippen LogP contribution in [0.5, 0.6) is 17.2 Å². The molecule has 3 rings (SSSR count). The van der Waals surface area contributed by atoms with Gasteiger partial charge in [-0.3, -0.25) is 0 Å². The highest BCUT2D eigenvalue weighted by Crippen LogP contribution is 2.47. The van der Waals surface area contributed by atoms with Gasteiger partial charge in [0.2, 0.25) is 5.88 Å². The van der Waals surface area contributed by atoms with Crippen LogP contribution in [-0.2, 0) is 0 Å². The van der Waals surface area contributed by atoms with Crippen molar-refractivity contribution in [1.82, 2.24) is 5.16 Å². The maximum atomic E-state index is 14.0. The summed E-state index contributed by atoms with van der Waals surface area (Å²) < 4.78 is 34.7. The van der Waals surface area contributed by atoms with Crippen molar-refractivity contribution in [1.29, 1.82) is 0 Å². The van der Waals surface area contributed by atoms with E-state index in [0.29, 0.717) is 36.0 Å². The summed E-state index contributed by atoms with van der Waals surface area (Å²) in [5, 5.41) is 3.76. The fourth-order valence-electron chi connectivity index (χ4n) is 1.98. The number of nitrogens with zero attached hydrogens (tertiary/aromatic N) is 1. The molecule has 0 atom stereocenters. The Morgan fingerprint density at radius 1 is 1.32 bits per heavy atom. The van der Waals surface area contributed by atoms with E-state index in [4.69, 9.17) is 24.5 Å². The minimum Gasteiger partial charge on any atom is -0.493 e. The number of nitrogen functional groups attached to an aromatic ring is 1. The van der Waals surface area contributed by atoms with Gasteiger partial charge in [0.25, 0.3) is 0 Å². The number of ether oxygens (including phenoxy) is 3. The molecule has 7 heteroatoms. The average Bonchev–Trinajstić information content (AvgIpc) is 2.83. The van der Waals surface area contributed by atoms with Crippen molar-refractivity contribution in [3.63, 3.8) is 0 Å². The van der Waals surface area contributed by atoms with Crippen LogP contribution in [0.2, 0.25) is 0 Å². The van der Waals surface area contributed by atoms with Crippen molar-refractivity contribution < 1.29 is 23.1 Å². The standard InChI is InChI=1S/C12H11FN2O4/c1-16-11-6(13)4-8-12(18-3-2-17-8)10(11)7-5-9(14)19-15-7/h4-5H,2-3,14H2,1H3. The third-order valence-electron chi connectivity index (χ3n) is 2.73. The van der Waals surface area contributed by atoms with Crippen molar-refractivity contribution >= 4 is 5.88 Å². The van der Waals surface area contributed by atoms with E-state index >= 15 is 0 Å². The molecule has 2 heterocycles. The second-order valence-corrected chi connectivity index (χ2v) is 3.91. The molecule has 2 N–H and O–H groups in total. The minimum absolute atomic E-state index is 0.0116. The molecule has 1 aromatic carbocycles. The van der Waals surface area contributed by atoms with Crippen LogP contribution in [0.25, 0.3) is 11.3 Å². The summed E-state index contributed by atoms with van der Waals surface area (Å²) in [6.07, 6.45) is 0. The molecule has 2 aromatic rings. The normalized spacial score (nSPS) is 13.4. The molecule has 1 aliphatic heterocycles. The molecular formula is C12H11FN2O4. The fraction of sp³-hybridized carbons (Fsp3) is 0.250. The quantitative estimate of drug-likeness (QED) is 0.893.